The summed E-state index contributed by atoms with van der Waals surface area (Å²) in [6.45, 7) is 10.9. The fourth-order valence-corrected chi connectivity index (χ4v) is 2.19. The van der Waals surface area contributed by atoms with E-state index in [0.29, 0.717) is 71.5 Å². The van der Waals surface area contributed by atoms with Crippen LogP contribution in [-0.2, 0) is 23.8 Å². The zero-order valence-corrected chi connectivity index (χ0v) is 17.5. The topological polar surface area (TPSA) is 85.9 Å². The predicted octanol–water partition coefficient (Wildman–Crippen LogP) is 2.29. The quantitative estimate of drug-likeness (QED) is 0.332. The molecule has 7 heteroatoms. The Morgan fingerprint density at radius 1 is 0.778 bits per heavy atom. The monoisotopic (exact) mass is 388 g/mol. The van der Waals surface area contributed by atoms with Crippen LogP contribution in [0.3, 0.4) is 0 Å². The van der Waals surface area contributed by atoms with Crippen LogP contribution in [0.15, 0.2) is 0 Å². The van der Waals surface area contributed by atoms with Crippen LogP contribution >= 0.6 is 0 Å². The van der Waals surface area contributed by atoms with Crippen LogP contribution in [0, 0.1) is 5.92 Å². The second-order valence-electron chi connectivity index (χ2n) is 6.71. The molecule has 0 spiro atoms. The first-order valence-electron chi connectivity index (χ1n) is 10.4. The van der Waals surface area contributed by atoms with E-state index in [9.17, 15) is 9.59 Å². The van der Waals surface area contributed by atoms with E-state index in [2.05, 4.69) is 24.5 Å². The molecule has 2 amide bonds. The number of carbonyl (C=O) groups is 2. The number of hydrogen-bond acceptors (Lipinski definition) is 5. The van der Waals surface area contributed by atoms with Crippen LogP contribution in [-0.4, -0.2) is 64.5 Å². The van der Waals surface area contributed by atoms with Gasteiger partial charge < -0.3 is 24.8 Å². The molecule has 1 unspecified atom stereocenters. The summed E-state index contributed by atoms with van der Waals surface area (Å²) in [6.07, 6.45) is 4.71. The van der Waals surface area contributed by atoms with Crippen molar-refractivity contribution in [3.05, 3.63) is 0 Å². The molecule has 0 aliphatic heterocycles. The van der Waals surface area contributed by atoms with Crippen LogP contribution in [0.25, 0.3) is 0 Å². The van der Waals surface area contributed by atoms with Crippen molar-refractivity contribution in [1.29, 1.82) is 0 Å². The molecule has 0 heterocycles. The normalized spacial score (nSPS) is 12.0. The molecule has 0 aromatic rings. The maximum Gasteiger partial charge on any atom is 0.220 e. The van der Waals surface area contributed by atoms with Gasteiger partial charge in [0, 0.05) is 39.1 Å². The lowest BCUT2D eigenvalue weighted by Gasteiger charge is -2.09. The van der Waals surface area contributed by atoms with E-state index < -0.39 is 0 Å². The highest BCUT2D eigenvalue weighted by atomic mass is 16.5. The van der Waals surface area contributed by atoms with Gasteiger partial charge in [0.15, 0.2) is 0 Å². The summed E-state index contributed by atoms with van der Waals surface area (Å²) in [7, 11) is 0. The molecular weight excluding hydrogens is 348 g/mol. The Kier molecular flexibility index (Phi) is 18.7. The molecule has 2 N–H and O–H groups in total. The summed E-state index contributed by atoms with van der Waals surface area (Å²) in [6, 6.07) is 0. The van der Waals surface area contributed by atoms with E-state index in [1.54, 1.807) is 0 Å². The molecule has 0 saturated heterocycles. The number of hydrogen-bond donors (Lipinski definition) is 2. The molecule has 27 heavy (non-hydrogen) atoms. The fraction of sp³-hybridized carbons (Fsp3) is 0.900. The second-order valence-corrected chi connectivity index (χ2v) is 6.71. The van der Waals surface area contributed by atoms with Crippen molar-refractivity contribution in [2.75, 3.05) is 52.7 Å². The maximum absolute atomic E-state index is 11.6. The fourth-order valence-electron chi connectivity index (χ4n) is 2.19. The third-order valence-electron chi connectivity index (χ3n) is 4.03. The Morgan fingerprint density at radius 3 is 1.74 bits per heavy atom. The van der Waals surface area contributed by atoms with Gasteiger partial charge in [0.2, 0.25) is 11.8 Å². The SMILES string of the molecule is CCCC(=O)NCCCOCCOCCOCCCNC(=O)CC(C)CC. The zero-order chi connectivity index (χ0) is 20.2. The molecule has 0 aliphatic rings. The summed E-state index contributed by atoms with van der Waals surface area (Å²) in [5.41, 5.74) is 0. The van der Waals surface area contributed by atoms with E-state index >= 15 is 0 Å². The lowest BCUT2D eigenvalue weighted by Crippen LogP contribution is -2.26. The highest BCUT2D eigenvalue weighted by Crippen LogP contribution is 2.05. The number of amides is 2. The van der Waals surface area contributed by atoms with E-state index in [-0.39, 0.29) is 11.8 Å². The van der Waals surface area contributed by atoms with Crippen molar-refractivity contribution in [3.63, 3.8) is 0 Å². The summed E-state index contributed by atoms with van der Waals surface area (Å²) >= 11 is 0. The third kappa shape index (κ3) is 19.4. The first-order chi connectivity index (χ1) is 13.1. The summed E-state index contributed by atoms with van der Waals surface area (Å²) in [5.74, 6) is 0.666. The molecule has 0 bridgehead atoms. The third-order valence-corrected chi connectivity index (χ3v) is 4.03. The summed E-state index contributed by atoms with van der Waals surface area (Å²) in [5, 5.41) is 5.76. The second kappa shape index (κ2) is 19.6. The Bertz CT molecular complexity index is 366. The molecule has 1 atom stereocenters. The van der Waals surface area contributed by atoms with Gasteiger partial charge in [0.25, 0.3) is 0 Å². The largest absolute Gasteiger partial charge is 0.379 e. The molecule has 0 aromatic heterocycles. The van der Waals surface area contributed by atoms with E-state index in [1.807, 2.05) is 6.92 Å². The molecular formula is C20H40N2O5. The average molecular weight is 389 g/mol. The summed E-state index contributed by atoms with van der Waals surface area (Å²) in [4.78, 5) is 22.8. The van der Waals surface area contributed by atoms with Gasteiger partial charge in [-0.05, 0) is 25.2 Å². The number of ether oxygens (including phenoxy) is 3. The number of carbonyl (C=O) groups excluding carboxylic acids is 2. The van der Waals surface area contributed by atoms with E-state index in [0.717, 1.165) is 25.7 Å². The molecule has 0 saturated carbocycles. The zero-order valence-electron chi connectivity index (χ0n) is 17.5. The highest BCUT2D eigenvalue weighted by molar-refractivity contribution is 5.76. The maximum atomic E-state index is 11.6. The van der Waals surface area contributed by atoms with Crippen molar-refractivity contribution >= 4 is 11.8 Å². The number of nitrogens with one attached hydrogen (secondary N) is 2. The van der Waals surface area contributed by atoms with Crippen molar-refractivity contribution < 1.29 is 23.8 Å². The summed E-state index contributed by atoms with van der Waals surface area (Å²) < 4.78 is 16.3. The van der Waals surface area contributed by atoms with Crippen molar-refractivity contribution in [1.82, 2.24) is 10.6 Å². The average Bonchev–Trinajstić information content (AvgIpc) is 2.64. The first kappa shape index (κ1) is 25.8. The van der Waals surface area contributed by atoms with Crippen LogP contribution < -0.4 is 10.6 Å². The van der Waals surface area contributed by atoms with Gasteiger partial charge in [0.05, 0.1) is 26.4 Å². The molecule has 0 rings (SSSR count). The van der Waals surface area contributed by atoms with Gasteiger partial charge in [-0.2, -0.15) is 0 Å². The Hall–Kier alpha value is -1.18. The van der Waals surface area contributed by atoms with Crippen LogP contribution in [0.2, 0.25) is 0 Å². The van der Waals surface area contributed by atoms with Gasteiger partial charge >= 0.3 is 0 Å². The lowest BCUT2D eigenvalue weighted by atomic mass is 10.1. The van der Waals surface area contributed by atoms with Crippen molar-refractivity contribution in [3.8, 4) is 0 Å². The van der Waals surface area contributed by atoms with Gasteiger partial charge in [-0.15, -0.1) is 0 Å². The molecule has 0 aromatic carbocycles. The van der Waals surface area contributed by atoms with Crippen LogP contribution in [0.1, 0.15) is 59.3 Å². The Morgan fingerprint density at radius 2 is 1.26 bits per heavy atom. The van der Waals surface area contributed by atoms with Gasteiger partial charge in [-0.1, -0.05) is 27.2 Å². The molecule has 0 radical (unpaired) electrons. The van der Waals surface area contributed by atoms with Crippen molar-refractivity contribution in [2.24, 2.45) is 5.92 Å². The minimum absolute atomic E-state index is 0.106. The predicted molar refractivity (Wildman–Crippen MR) is 107 cm³/mol. The van der Waals surface area contributed by atoms with Crippen LogP contribution in [0.4, 0.5) is 0 Å². The van der Waals surface area contributed by atoms with Crippen LogP contribution in [0.5, 0.6) is 0 Å². The smallest absolute Gasteiger partial charge is 0.220 e. The minimum atomic E-state index is 0.106. The molecule has 7 nitrogen and oxygen atoms in total. The Labute approximate surface area is 164 Å². The van der Waals surface area contributed by atoms with Gasteiger partial charge in [-0.25, -0.2) is 0 Å². The molecule has 0 aliphatic carbocycles. The van der Waals surface area contributed by atoms with Gasteiger partial charge in [-0.3, -0.25) is 9.59 Å². The number of rotatable bonds is 19. The highest BCUT2D eigenvalue weighted by Gasteiger charge is 2.05. The Balaban J connectivity index is 3.17. The van der Waals surface area contributed by atoms with Gasteiger partial charge in [0.1, 0.15) is 0 Å². The molecule has 160 valence electrons. The van der Waals surface area contributed by atoms with E-state index in [1.165, 1.54) is 0 Å². The van der Waals surface area contributed by atoms with Crippen molar-refractivity contribution in [2.45, 2.75) is 59.3 Å². The minimum Gasteiger partial charge on any atom is -0.379 e. The van der Waals surface area contributed by atoms with E-state index in [4.69, 9.17) is 14.2 Å². The standard InChI is InChI=1S/C20H40N2O5/c1-4-8-19(23)21-9-6-11-25-13-15-27-16-14-26-12-7-10-22-20(24)17-18(3)5-2/h18H,4-17H2,1-3H3,(H,21,23)(H,22,24). The first-order valence-corrected chi connectivity index (χ1v) is 10.4. The molecule has 0 fully saturated rings. The lowest BCUT2D eigenvalue weighted by molar-refractivity contribution is -0.122.